The molecule has 1 aromatic heterocycles. The highest BCUT2D eigenvalue weighted by molar-refractivity contribution is 6.46. The van der Waals surface area contributed by atoms with E-state index in [1.165, 1.54) is 35.2 Å². The SMILES string of the molecule is COc1ccc2[nH]cc(CCN3C(=O)C(=O)C(=C(O)c4ccc([N+](=O)[O-])cc4)[C@@H]3c3ccccc3[N+](=O)[O-])c2c1. The van der Waals surface area contributed by atoms with Crippen molar-refractivity contribution in [1.29, 1.82) is 0 Å². The summed E-state index contributed by atoms with van der Waals surface area (Å²) in [5, 5.41) is 35.0. The lowest BCUT2D eigenvalue weighted by atomic mass is 9.94. The molecule has 0 bridgehead atoms. The van der Waals surface area contributed by atoms with E-state index in [0.29, 0.717) is 5.75 Å². The van der Waals surface area contributed by atoms with Gasteiger partial charge >= 0.3 is 0 Å². The number of nitrogens with one attached hydrogen (secondary N) is 1. The number of hydrogen-bond donors (Lipinski definition) is 2. The van der Waals surface area contributed by atoms with Gasteiger partial charge in [0.2, 0.25) is 0 Å². The van der Waals surface area contributed by atoms with Crippen LogP contribution in [0.4, 0.5) is 11.4 Å². The van der Waals surface area contributed by atoms with Gasteiger partial charge in [-0.3, -0.25) is 29.8 Å². The van der Waals surface area contributed by atoms with E-state index in [-0.39, 0.29) is 41.0 Å². The fraction of sp³-hybridized carbons (Fsp3) is 0.143. The summed E-state index contributed by atoms with van der Waals surface area (Å²) >= 11 is 0. The molecule has 0 aliphatic carbocycles. The lowest BCUT2D eigenvalue weighted by Crippen LogP contribution is -2.32. The number of aliphatic hydroxyl groups excluding tert-OH is 1. The number of nitro groups is 2. The van der Waals surface area contributed by atoms with Crippen molar-refractivity contribution in [1.82, 2.24) is 9.88 Å². The van der Waals surface area contributed by atoms with Crippen molar-refractivity contribution in [3.05, 3.63) is 115 Å². The summed E-state index contributed by atoms with van der Waals surface area (Å²) < 4.78 is 5.31. The first-order chi connectivity index (χ1) is 19.2. The Morgan fingerprint density at radius 3 is 2.42 bits per heavy atom. The van der Waals surface area contributed by atoms with Crippen LogP contribution in [0.3, 0.4) is 0 Å². The molecule has 40 heavy (non-hydrogen) atoms. The van der Waals surface area contributed by atoms with Crippen molar-refractivity contribution in [3.8, 4) is 5.75 Å². The standard InChI is InChI=1S/C28H22N4O8/c1-40-19-10-11-22-21(14-19)17(15-29-22)12-13-30-25(20-4-2-3-5-23(20)32(38)39)24(27(34)28(30)35)26(33)16-6-8-18(9-7-16)31(36)37/h2-11,14-15,25,29,33H,12-13H2,1H3/t25-/m0/s1. The summed E-state index contributed by atoms with van der Waals surface area (Å²) in [5.74, 6) is -1.89. The molecule has 3 aromatic carbocycles. The minimum atomic E-state index is -1.27. The van der Waals surface area contributed by atoms with Crippen molar-refractivity contribution in [2.75, 3.05) is 13.7 Å². The number of aromatic nitrogens is 1. The highest BCUT2D eigenvalue weighted by atomic mass is 16.6. The molecule has 4 aromatic rings. The monoisotopic (exact) mass is 542 g/mol. The number of benzene rings is 3. The van der Waals surface area contributed by atoms with E-state index >= 15 is 0 Å². The zero-order chi connectivity index (χ0) is 28.6. The van der Waals surface area contributed by atoms with E-state index in [4.69, 9.17) is 4.74 Å². The Morgan fingerprint density at radius 2 is 1.75 bits per heavy atom. The molecule has 1 fully saturated rings. The zero-order valence-electron chi connectivity index (χ0n) is 21.1. The van der Waals surface area contributed by atoms with Crippen LogP contribution in [0.1, 0.15) is 22.7 Å². The van der Waals surface area contributed by atoms with Gasteiger partial charge in [0.25, 0.3) is 23.1 Å². The summed E-state index contributed by atoms with van der Waals surface area (Å²) in [4.78, 5) is 52.7. The molecule has 2 heterocycles. The number of non-ortho nitro benzene ring substituents is 1. The van der Waals surface area contributed by atoms with Crippen LogP contribution in [0, 0.1) is 20.2 Å². The van der Waals surface area contributed by atoms with Gasteiger partial charge in [-0.2, -0.15) is 0 Å². The molecule has 1 saturated heterocycles. The second-order valence-corrected chi connectivity index (χ2v) is 9.09. The van der Waals surface area contributed by atoms with E-state index in [2.05, 4.69) is 4.98 Å². The van der Waals surface area contributed by atoms with Crippen LogP contribution < -0.4 is 4.74 Å². The number of carbonyl (C=O) groups is 2. The third kappa shape index (κ3) is 4.51. The molecule has 2 N–H and O–H groups in total. The van der Waals surface area contributed by atoms with E-state index < -0.39 is 33.3 Å². The van der Waals surface area contributed by atoms with Gasteiger partial charge in [-0.1, -0.05) is 12.1 Å². The number of ether oxygens (including phenoxy) is 1. The van der Waals surface area contributed by atoms with Crippen LogP contribution in [-0.4, -0.2) is 50.2 Å². The first-order valence-electron chi connectivity index (χ1n) is 12.1. The van der Waals surface area contributed by atoms with Crippen LogP contribution in [0.25, 0.3) is 16.7 Å². The van der Waals surface area contributed by atoms with Crippen molar-refractivity contribution in [2.24, 2.45) is 0 Å². The second-order valence-electron chi connectivity index (χ2n) is 9.09. The fourth-order valence-corrected chi connectivity index (χ4v) is 4.95. The highest BCUT2D eigenvalue weighted by Gasteiger charge is 2.48. The van der Waals surface area contributed by atoms with Crippen molar-refractivity contribution >= 4 is 39.7 Å². The summed E-state index contributed by atoms with van der Waals surface area (Å²) in [6.45, 7) is 0.00247. The quantitative estimate of drug-likeness (QED) is 0.106. The molecule has 5 rings (SSSR count). The number of likely N-dealkylation sites (tertiary alicyclic amines) is 1. The largest absolute Gasteiger partial charge is 0.507 e. The normalized spacial score (nSPS) is 16.4. The first kappa shape index (κ1) is 26.1. The number of carbonyl (C=O) groups excluding carboxylic acids is 2. The molecule has 202 valence electrons. The molecular weight excluding hydrogens is 520 g/mol. The summed E-state index contributed by atoms with van der Waals surface area (Å²) in [6.07, 6.45) is 2.06. The Labute approximate surface area is 226 Å². The third-order valence-corrected chi connectivity index (χ3v) is 6.92. The van der Waals surface area contributed by atoms with Gasteiger partial charge in [0.05, 0.1) is 34.1 Å². The molecule has 1 atom stereocenters. The Hall–Kier alpha value is -5.52. The fourth-order valence-electron chi connectivity index (χ4n) is 4.95. The minimum absolute atomic E-state index is 0.00247. The molecule has 1 amide bonds. The summed E-state index contributed by atoms with van der Waals surface area (Å²) in [7, 11) is 1.55. The molecule has 0 spiro atoms. The van der Waals surface area contributed by atoms with Gasteiger partial charge < -0.3 is 19.7 Å². The van der Waals surface area contributed by atoms with Gasteiger partial charge in [-0.15, -0.1) is 0 Å². The number of Topliss-reactive ketones (excluding diaryl/α,β-unsaturated/α-hetero) is 1. The Bertz CT molecular complexity index is 1710. The smallest absolute Gasteiger partial charge is 0.295 e. The van der Waals surface area contributed by atoms with Gasteiger partial charge in [-0.05, 0) is 48.4 Å². The third-order valence-electron chi connectivity index (χ3n) is 6.92. The zero-order valence-corrected chi connectivity index (χ0v) is 21.1. The lowest BCUT2D eigenvalue weighted by Gasteiger charge is -2.25. The molecule has 1 aliphatic rings. The van der Waals surface area contributed by atoms with Gasteiger partial charge in [-0.25, -0.2) is 0 Å². The maximum atomic E-state index is 13.3. The number of ketones is 1. The summed E-state index contributed by atoms with van der Waals surface area (Å²) in [6, 6.07) is 14.7. The number of para-hydroxylation sites is 1. The van der Waals surface area contributed by atoms with E-state index in [1.54, 1.807) is 25.4 Å². The number of rotatable bonds is 8. The lowest BCUT2D eigenvalue weighted by molar-refractivity contribution is -0.385. The summed E-state index contributed by atoms with van der Waals surface area (Å²) in [5.41, 5.74) is 0.868. The molecule has 1 aliphatic heterocycles. The van der Waals surface area contributed by atoms with E-state index in [9.17, 15) is 34.9 Å². The Balaban J connectivity index is 1.60. The molecule has 0 radical (unpaired) electrons. The van der Waals surface area contributed by atoms with Crippen LogP contribution in [0.2, 0.25) is 0 Å². The number of aliphatic hydroxyl groups is 1. The van der Waals surface area contributed by atoms with Crippen LogP contribution in [0.5, 0.6) is 5.75 Å². The van der Waals surface area contributed by atoms with E-state index in [0.717, 1.165) is 28.6 Å². The number of methoxy groups -OCH3 is 1. The van der Waals surface area contributed by atoms with Crippen LogP contribution in [0.15, 0.2) is 78.5 Å². The van der Waals surface area contributed by atoms with Crippen molar-refractivity contribution in [3.63, 3.8) is 0 Å². The van der Waals surface area contributed by atoms with Gasteiger partial charge in [0, 0.05) is 47.4 Å². The van der Waals surface area contributed by atoms with Crippen molar-refractivity contribution in [2.45, 2.75) is 12.5 Å². The van der Waals surface area contributed by atoms with Gasteiger partial charge in [0.15, 0.2) is 0 Å². The minimum Gasteiger partial charge on any atom is -0.507 e. The number of nitrogens with zero attached hydrogens (tertiary/aromatic N) is 3. The Kier molecular flexibility index (Phi) is 6.74. The maximum absolute atomic E-state index is 13.3. The average molecular weight is 543 g/mol. The molecule has 0 saturated carbocycles. The predicted octanol–water partition coefficient (Wildman–Crippen LogP) is 4.66. The van der Waals surface area contributed by atoms with Gasteiger partial charge in [0.1, 0.15) is 11.5 Å². The number of aromatic amines is 1. The predicted molar refractivity (Wildman–Crippen MR) is 144 cm³/mol. The topological polar surface area (TPSA) is 169 Å². The number of nitro benzene ring substituents is 2. The molecule has 12 heteroatoms. The van der Waals surface area contributed by atoms with Crippen molar-refractivity contribution < 1.29 is 29.3 Å². The molecule has 12 nitrogen and oxygen atoms in total. The number of amides is 1. The average Bonchev–Trinajstić information content (AvgIpc) is 3.48. The molecule has 0 unspecified atom stereocenters. The molecular formula is C28H22N4O8. The maximum Gasteiger partial charge on any atom is 0.295 e. The highest BCUT2D eigenvalue weighted by Crippen LogP contribution is 2.42. The van der Waals surface area contributed by atoms with Crippen LogP contribution in [-0.2, 0) is 16.0 Å². The van der Waals surface area contributed by atoms with Crippen LogP contribution >= 0.6 is 0 Å². The number of H-pyrrole nitrogens is 1. The second kappa shape index (κ2) is 10.3. The Morgan fingerprint density at radius 1 is 1.02 bits per heavy atom. The number of fused-ring (bicyclic) bond motifs is 1. The first-order valence-corrected chi connectivity index (χ1v) is 12.1. The number of hydrogen-bond acceptors (Lipinski definition) is 8. The van der Waals surface area contributed by atoms with E-state index in [1.807, 2.05) is 12.1 Å².